The van der Waals surface area contributed by atoms with Crippen LogP contribution in [0.5, 0.6) is 5.75 Å². The highest BCUT2D eigenvalue weighted by Gasteiger charge is 2.18. The lowest BCUT2D eigenvalue weighted by molar-refractivity contribution is -0.385. The molecule has 0 bridgehead atoms. The summed E-state index contributed by atoms with van der Waals surface area (Å²) in [6, 6.07) is 18.1. The van der Waals surface area contributed by atoms with Gasteiger partial charge in [-0.1, -0.05) is 28.1 Å². The Bertz CT molecular complexity index is 1790. The molecule has 0 aliphatic carbocycles. The van der Waals surface area contributed by atoms with Gasteiger partial charge in [0.2, 0.25) is 5.82 Å². The number of hydrogen-bond donors (Lipinski definition) is 1. The normalized spacial score (nSPS) is 11.4. The molecular weight excluding hydrogens is 546 g/mol. The number of hydrogen-bond acceptors (Lipinski definition) is 8. The Morgan fingerprint density at radius 2 is 2.00 bits per heavy atom. The Hall–Kier alpha value is -4.84. The molecule has 0 saturated heterocycles. The molecule has 0 fully saturated rings. The van der Waals surface area contributed by atoms with Crippen molar-refractivity contribution in [3.63, 3.8) is 0 Å². The highest BCUT2D eigenvalue weighted by molar-refractivity contribution is 9.10. The average molecular weight is 562 g/mol. The molecule has 1 amide bonds. The fourth-order valence-electron chi connectivity index (χ4n) is 3.67. The van der Waals surface area contributed by atoms with Crippen LogP contribution in [0.2, 0.25) is 0 Å². The number of primary amides is 1. The van der Waals surface area contributed by atoms with Gasteiger partial charge in [0.1, 0.15) is 5.58 Å². The molecule has 3 aromatic carbocycles. The Morgan fingerprint density at radius 1 is 1.19 bits per heavy atom. The minimum Gasteiger partial charge on any atom is -0.477 e. The van der Waals surface area contributed by atoms with E-state index in [1.165, 1.54) is 24.4 Å². The number of ether oxygens (including phenoxy) is 1. The van der Waals surface area contributed by atoms with Crippen LogP contribution in [0.4, 0.5) is 5.69 Å². The molecule has 2 N–H and O–H groups in total. The maximum absolute atomic E-state index is 13.4. The first-order valence-corrected chi connectivity index (χ1v) is 11.5. The van der Waals surface area contributed by atoms with Gasteiger partial charge in [0.15, 0.2) is 18.1 Å². The van der Waals surface area contributed by atoms with Gasteiger partial charge in [-0.05, 0) is 48.5 Å². The summed E-state index contributed by atoms with van der Waals surface area (Å²) in [5, 5.41) is 17.0. The second kappa shape index (κ2) is 9.66. The molecule has 184 valence electrons. The number of nitro benzene ring substituents is 1. The smallest absolute Gasteiger partial charge is 0.311 e. The number of amides is 1. The fraction of sp³-hybridized carbons (Fsp3) is 0.0400. The maximum Gasteiger partial charge on any atom is 0.311 e. The number of benzene rings is 3. The van der Waals surface area contributed by atoms with Crippen molar-refractivity contribution in [1.82, 2.24) is 9.66 Å². The van der Waals surface area contributed by atoms with Crippen molar-refractivity contribution >= 4 is 55.6 Å². The predicted molar refractivity (Wildman–Crippen MR) is 140 cm³/mol. The molecule has 2 heterocycles. The lowest BCUT2D eigenvalue weighted by Gasteiger charge is -2.08. The van der Waals surface area contributed by atoms with Crippen LogP contribution in [0.25, 0.3) is 33.5 Å². The number of halogens is 1. The first-order valence-electron chi connectivity index (χ1n) is 10.8. The summed E-state index contributed by atoms with van der Waals surface area (Å²) in [5.41, 5.74) is 5.57. The second-order valence-corrected chi connectivity index (χ2v) is 8.76. The number of nitrogens with two attached hydrogens (primary N) is 1. The number of fused-ring (bicyclic) bond motifs is 2. The molecule has 12 heteroatoms. The zero-order valence-electron chi connectivity index (χ0n) is 18.8. The molecular formula is C25H16BrN5O6. The minimum atomic E-state index is -0.770. The topological polar surface area (TPSA) is 156 Å². The lowest BCUT2D eigenvalue weighted by Crippen LogP contribution is -2.20. The number of carbonyl (C=O) groups excluding carboxylic acids is 1. The van der Waals surface area contributed by atoms with E-state index in [4.69, 9.17) is 14.9 Å². The van der Waals surface area contributed by atoms with Gasteiger partial charge in [-0.2, -0.15) is 9.78 Å². The van der Waals surface area contributed by atoms with E-state index in [1.807, 2.05) is 12.1 Å². The highest BCUT2D eigenvalue weighted by atomic mass is 79.9. The van der Waals surface area contributed by atoms with Crippen LogP contribution in [0.1, 0.15) is 5.56 Å². The predicted octanol–water partition coefficient (Wildman–Crippen LogP) is 4.23. The summed E-state index contributed by atoms with van der Waals surface area (Å²) in [5.74, 6) is -0.425. The first-order chi connectivity index (χ1) is 17.8. The third-order valence-corrected chi connectivity index (χ3v) is 5.82. The van der Waals surface area contributed by atoms with E-state index in [2.05, 4.69) is 26.0 Å². The molecule has 11 nitrogen and oxygen atoms in total. The van der Waals surface area contributed by atoms with E-state index >= 15 is 0 Å². The van der Waals surface area contributed by atoms with Crippen molar-refractivity contribution in [3.05, 3.63) is 97.2 Å². The summed E-state index contributed by atoms with van der Waals surface area (Å²) < 4.78 is 13.0. The van der Waals surface area contributed by atoms with Crippen molar-refractivity contribution in [2.24, 2.45) is 10.8 Å². The van der Waals surface area contributed by atoms with E-state index in [9.17, 15) is 19.7 Å². The van der Waals surface area contributed by atoms with Gasteiger partial charge in [-0.25, -0.2) is 4.98 Å². The Kier molecular flexibility index (Phi) is 6.24. The van der Waals surface area contributed by atoms with Gasteiger partial charge in [0.05, 0.1) is 22.0 Å². The third-order valence-electron chi connectivity index (χ3n) is 5.32. The molecule has 0 unspecified atom stereocenters. The molecule has 0 spiro atoms. The van der Waals surface area contributed by atoms with Crippen molar-refractivity contribution in [2.45, 2.75) is 0 Å². The standard InChI is InChI=1S/C25H16BrN5O6/c26-16-6-8-20-15(10-16)11-22(37-20)24-29-18-4-2-1-3-17(18)25(33)30(24)28-12-14-5-7-21(36-13-23(27)32)19(9-14)31(34)35/h1-12H,13H2,(H2,27,32). The third kappa shape index (κ3) is 4.82. The van der Waals surface area contributed by atoms with Crippen LogP contribution in [0.3, 0.4) is 0 Å². The number of para-hydroxylation sites is 1. The van der Waals surface area contributed by atoms with Gasteiger partial charge in [0, 0.05) is 21.5 Å². The van der Waals surface area contributed by atoms with E-state index in [-0.39, 0.29) is 11.6 Å². The van der Waals surface area contributed by atoms with Crippen LogP contribution in [-0.4, -0.2) is 33.3 Å². The summed E-state index contributed by atoms with van der Waals surface area (Å²) in [4.78, 5) is 39.8. The minimum absolute atomic E-state index is 0.125. The van der Waals surface area contributed by atoms with Crippen LogP contribution in [-0.2, 0) is 4.79 Å². The molecule has 0 atom stereocenters. The molecule has 5 aromatic rings. The van der Waals surface area contributed by atoms with Gasteiger partial charge in [0.25, 0.3) is 11.5 Å². The number of carbonyl (C=O) groups is 1. The Labute approximate surface area is 216 Å². The largest absolute Gasteiger partial charge is 0.477 e. The number of nitrogens with zero attached hydrogens (tertiary/aromatic N) is 4. The zero-order chi connectivity index (χ0) is 26.1. The van der Waals surface area contributed by atoms with Crippen LogP contribution < -0.4 is 16.0 Å². The molecule has 0 aliphatic heterocycles. The van der Waals surface area contributed by atoms with Crippen molar-refractivity contribution in [1.29, 1.82) is 0 Å². The van der Waals surface area contributed by atoms with Crippen LogP contribution in [0, 0.1) is 10.1 Å². The van der Waals surface area contributed by atoms with Crippen molar-refractivity contribution in [2.75, 3.05) is 6.61 Å². The van der Waals surface area contributed by atoms with Gasteiger partial charge >= 0.3 is 5.69 Å². The lowest BCUT2D eigenvalue weighted by atomic mass is 10.2. The zero-order valence-corrected chi connectivity index (χ0v) is 20.4. The summed E-state index contributed by atoms with van der Waals surface area (Å²) >= 11 is 3.43. The molecule has 0 saturated carbocycles. The first kappa shape index (κ1) is 23.9. The van der Waals surface area contributed by atoms with Gasteiger partial charge < -0.3 is 14.9 Å². The summed E-state index contributed by atoms with van der Waals surface area (Å²) in [7, 11) is 0. The summed E-state index contributed by atoms with van der Waals surface area (Å²) in [6.45, 7) is -0.510. The van der Waals surface area contributed by atoms with Crippen molar-refractivity contribution < 1.29 is 18.9 Å². The van der Waals surface area contributed by atoms with E-state index < -0.39 is 28.7 Å². The van der Waals surface area contributed by atoms with Crippen LogP contribution in [0.15, 0.2) is 85.5 Å². The van der Waals surface area contributed by atoms with Crippen LogP contribution >= 0.6 is 15.9 Å². The summed E-state index contributed by atoms with van der Waals surface area (Å²) in [6.07, 6.45) is 1.28. The molecule has 0 radical (unpaired) electrons. The maximum atomic E-state index is 13.4. The molecule has 37 heavy (non-hydrogen) atoms. The van der Waals surface area contributed by atoms with Gasteiger partial charge in [-0.3, -0.25) is 19.7 Å². The van der Waals surface area contributed by atoms with Crippen molar-refractivity contribution in [3.8, 4) is 17.3 Å². The number of nitro groups is 1. The molecule has 2 aromatic heterocycles. The number of furan rings is 1. The van der Waals surface area contributed by atoms with Gasteiger partial charge in [-0.15, -0.1) is 0 Å². The SMILES string of the molecule is NC(=O)COc1ccc(C=Nn2c(-c3cc4cc(Br)ccc4o3)nc3ccccc3c2=O)cc1[N+](=O)[O-]. The van der Waals surface area contributed by atoms with E-state index in [1.54, 1.807) is 36.4 Å². The number of aromatic nitrogens is 2. The average Bonchev–Trinajstić information content (AvgIpc) is 3.30. The molecule has 0 aliphatic rings. The fourth-order valence-corrected chi connectivity index (χ4v) is 4.05. The highest BCUT2D eigenvalue weighted by Crippen LogP contribution is 2.30. The Morgan fingerprint density at radius 3 is 2.78 bits per heavy atom. The number of rotatable bonds is 7. The second-order valence-electron chi connectivity index (χ2n) is 7.85. The monoisotopic (exact) mass is 561 g/mol. The van der Waals surface area contributed by atoms with E-state index in [0.717, 1.165) is 14.5 Å². The quantitative estimate of drug-likeness (QED) is 0.177. The molecule has 5 rings (SSSR count). The Balaban J connectivity index is 1.63. The van der Waals surface area contributed by atoms with E-state index in [0.29, 0.717) is 27.8 Å².